The van der Waals surface area contributed by atoms with E-state index in [4.69, 9.17) is 5.11 Å². The largest absolute Gasteiger partial charge is 0.481 e. The van der Waals surface area contributed by atoms with E-state index in [0.717, 1.165) is 16.7 Å². The first-order valence-corrected chi connectivity index (χ1v) is 14.2. The van der Waals surface area contributed by atoms with Crippen molar-refractivity contribution in [2.75, 3.05) is 11.9 Å². The van der Waals surface area contributed by atoms with E-state index in [1.54, 1.807) is 12.1 Å². The molecule has 216 valence electrons. The number of hydrogen-bond donors (Lipinski definition) is 4. The number of urea groups is 1. The number of carboxylic acid groups (broad SMARTS) is 1. The molecular formula is C35H37N3O4. The molecule has 4 aromatic carbocycles. The molecule has 42 heavy (non-hydrogen) atoms. The molecule has 0 bridgehead atoms. The fraction of sp³-hybridized carbons (Fsp3) is 0.229. The van der Waals surface area contributed by atoms with E-state index >= 15 is 0 Å². The molecule has 0 radical (unpaired) electrons. The van der Waals surface area contributed by atoms with E-state index in [1.807, 2.05) is 72.8 Å². The van der Waals surface area contributed by atoms with Gasteiger partial charge in [-0.15, -0.1) is 0 Å². The van der Waals surface area contributed by atoms with Crippen molar-refractivity contribution in [2.24, 2.45) is 0 Å². The summed E-state index contributed by atoms with van der Waals surface area (Å²) in [5.41, 5.74) is 5.43. The van der Waals surface area contributed by atoms with E-state index < -0.39 is 5.97 Å². The molecule has 4 N–H and O–H groups in total. The first kappa shape index (κ1) is 30.1. The number of carbonyl (C=O) groups excluding carboxylic acids is 2. The Bertz CT molecular complexity index is 1410. The van der Waals surface area contributed by atoms with Crippen molar-refractivity contribution >= 4 is 23.6 Å². The van der Waals surface area contributed by atoms with E-state index in [1.165, 1.54) is 5.56 Å². The Morgan fingerprint density at radius 3 is 1.76 bits per heavy atom. The lowest BCUT2D eigenvalue weighted by molar-refractivity contribution is -0.136. The summed E-state index contributed by atoms with van der Waals surface area (Å²) in [5.74, 6) is -0.921. The number of hydrogen-bond acceptors (Lipinski definition) is 3. The first-order chi connectivity index (χ1) is 20.3. The summed E-state index contributed by atoms with van der Waals surface area (Å²) in [6.45, 7) is 4.30. The molecular weight excluding hydrogens is 526 g/mol. The van der Waals surface area contributed by atoms with Crippen LogP contribution in [0.5, 0.6) is 0 Å². The summed E-state index contributed by atoms with van der Waals surface area (Å²) in [6.07, 6.45) is 0.434. The van der Waals surface area contributed by atoms with Gasteiger partial charge in [0.1, 0.15) is 0 Å². The second-order valence-corrected chi connectivity index (χ2v) is 10.6. The van der Waals surface area contributed by atoms with Crippen molar-refractivity contribution in [3.63, 3.8) is 0 Å². The zero-order chi connectivity index (χ0) is 29.9. The van der Waals surface area contributed by atoms with Crippen molar-refractivity contribution in [2.45, 2.75) is 44.6 Å². The minimum atomic E-state index is -0.972. The van der Waals surface area contributed by atoms with Gasteiger partial charge in [0.2, 0.25) is 0 Å². The van der Waals surface area contributed by atoms with Gasteiger partial charge in [0, 0.05) is 23.7 Å². The van der Waals surface area contributed by atoms with E-state index in [2.05, 4.69) is 54.1 Å². The molecule has 0 spiro atoms. The third-order valence-corrected chi connectivity index (χ3v) is 7.22. The summed E-state index contributed by atoms with van der Waals surface area (Å²) >= 11 is 0. The van der Waals surface area contributed by atoms with Crippen molar-refractivity contribution in [1.82, 2.24) is 10.6 Å². The molecule has 0 aromatic heterocycles. The Morgan fingerprint density at radius 1 is 0.690 bits per heavy atom. The number of nitrogens with one attached hydrogen (secondary N) is 3. The van der Waals surface area contributed by atoms with E-state index in [0.29, 0.717) is 23.6 Å². The van der Waals surface area contributed by atoms with Gasteiger partial charge in [0.05, 0.1) is 12.5 Å². The van der Waals surface area contributed by atoms with Gasteiger partial charge < -0.3 is 21.1 Å². The summed E-state index contributed by atoms with van der Waals surface area (Å²) < 4.78 is 0. The maximum Gasteiger partial charge on any atom is 0.319 e. The van der Waals surface area contributed by atoms with Crippen LogP contribution in [0.25, 0.3) is 0 Å². The topological polar surface area (TPSA) is 108 Å². The molecule has 0 aliphatic rings. The van der Waals surface area contributed by atoms with Crippen LogP contribution in [0.15, 0.2) is 109 Å². The standard InChI is InChI=1S/C35H37N3O4/c1-24(2)25-17-19-30(20-18-25)37-35(42)38-32(28-13-15-29(16-14-28)34(41)36-22-21-33(39)40)23-31(26-9-5-3-6-10-26)27-11-7-4-8-12-27/h3-20,24,31-32H,21-23H2,1-2H3,(H,36,41)(H,39,40)(H2,37,38,42). The second kappa shape index (κ2) is 14.6. The summed E-state index contributed by atoms with van der Waals surface area (Å²) in [7, 11) is 0. The van der Waals surface area contributed by atoms with Crippen LogP contribution < -0.4 is 16.0 Å². The first-order valence-electron chi connectivity index (χ1n) is 14.2. The van der Waals surface area contributed by atoms with Crippen LogP contribution in [-0.2, 0) is 4.79 Å². The highest BCUT2D eigenvalue weighted by molar-refractivity contribution is 5.94. The van der Waals surface area contributed by atoms with Crippen LogP contribution in [0.1, 0.15) is 77.2 Å². The smallest absolute Gasteiger partial charge is 0.319 e. The number of anilines is 1. The molecule has 0 aliphatic heterocycles. The van der Waals surface area contributed by atoms with Gasteiger partial charge in [-0.3, -0.25) is 9.59 Å². The summed E-state index contributed by atoms with van der Waals surface area (Å²) in [4.78, 5) is 36.6. The molecule has 1 unspecified atom stereocenters. The number of carboxylic acids is 1. The van der Waals surface area contributed by atoms with E-state index in [-0.39, 0.29) is 36.9 Å². The van der Waals surface area contributed by atoms with Crippen molar-refractivity contribution in [3.8, 4) is 0 Å². The van der Waals surface area contributed by atoms with Gasteiger partial charge >= 0.3 is 12.0 Å². The third-order valence-electron chi connectivity index (χ3n) is 7.22. The van der Waals surface area contributed by atoms with Gasteiger partial charge in [-0.1, -0.05) is 98.8 Å². The van der Waals surface area contributed by atoms with Crippen LogP contribution in [0, 0.1) is 0 Å². The molecule has 0 saturated heterocycles. The lowest BCUT2D eigenvalue weighted by Crippen LogP contribution is -2.33. The Balaban J connectivity index is 1.59. The Labute approximate surface area is 247 Å². The monoisotopic (exact) mass is 563 g/mol. The maximum atomic E-state index is 13.3. The lowest BCUT2D eigenvalue weighted by atomic mass is 9.84. The normalized spacial score (nSPS) is 11.6. The third kappa shape index (κ3) is 8.54. The highest BCUT2D eigenvalue weighted by atomic mass is 16.4. The average Bonchev–Trinajstić information content (AvgIpc) is 3.00. The molecule has 0 saturated carbocycles. The fourth-order valence-electron chi connectivity index (χ4n) is 4.88. The van der Waals surface area contributed by atoms with Gasteiger partial charge in [0.25, 0.3) is 5.91 Å². The van der Waals surface area contributed by atoms with Crippen molar-refractivity contribution in [3.05, 3.63) is 137 Å². The molecule has 4 rings (SSSR count). The quantitative estimate of drug-likeness (QED) is 0.147. The molecule has 3 amide bonds. The highest BCUT2D eigenvalue weighted by Crippen LogP contribution is 2.34. The predicted octanol–water partition coefficient (Wildman–Crippen LogP) is 7.10. The molecule has 0 heterocycles. The van der Waals surface area contributed by atoms with Gasteiger partial charge in [0.15, 0.2) is 0 Å². The van der Waals surface area contributed by atoms with Gasteiger partial charge in [-0.2, -0.15) is 0 Å². The minimum Gasteiger partial charge on any atom is -0.481 e. The van der Waals surface area contributed by atoms with Crippen molar-refractivity contribution in [1.29, 1.82) is 0 Å². The molecule has 7 nitrogen and oxygen atoms in total. The highest BCUT2D eigenvalue weighted by Gasteiger charge is 2.23. The zero-order valence-electron chi connectivity index (χ0n) is 23.9. The second-order valence-electron chi connectivity index (χ2n) is 10.6. The average molecular weight is 564 g/mol. The fourth-order valence-corrected chi connectivity index (χ4v) is 4.88. The molecule has 0 aliphatic carbocycles. The molecule has 7 heteroatoms. The Morgan fingerprint density at radius 2 is 1.24 bits per heavy atom. The van der Waals surface area contributed by atoms with E-state index in [9.17, 15) is 14.4 Å². The van der Waals surface area contributed by atoms with Crippen LogP contribution >= 0.6 is 0 Å². The zero-order valence-corrected chi connectivity index (χ0v) is 23.9. The summed E-state index contributed by atoms with van der Waals surface area (Å²) in [6, 6.07) is 34.6. The number of benzene rings is 4. The summed E-state index contributed by atoms with van der Waals surface area (Å²) in [5, 5.41) is 17.6. The number of aliphatic carboxylic acids is 1. The Hall–Kier alpha value is -4.91. The number of amides is 3. The molecule has 0 fully saturated rings. The van der Waals surface area contributed by atoms with Gasteiger partial charge in [-0.05, 0) is 58.9 Å². The van der Waals surface area contributed by atoms with Crippen LogP contribution in [0.3, 0.4) is 0 Å². The molecule has 4 aromatic rings. The minimum absolute atomic E-state index is 0.00187. The van der Waals surface area contributed by atoms with Crippen LogP contribution in [0.4, 0.5) is 10.5 Å². The van der Waals surface area contributed by atoms with Crippen LogP contribution in [0.2, 0.25) is 0 Å². The SMILES string of the molecule is CC(C)c1ccc(NC(=O)NC(CC(c2ccccc2)c2ccccc2)c2ccc(C(=O)NCCC(=O)O)cc2)cc1. The maximum absolute atomic E-state index is 13.3. The van der Waals surface area contributed by atoms with Crippen LogP contribution in [-0.4, -0.2) is 29.6 Å². The van der Waals surface area contributed by atoms with Gasteiger partial charge in [-0.25, -0.2) is 4.79 Å². The Kier molecular flexibility index (Phi) is 10.5. The lowest BCUT2D eigenvalue weighted by Gasteiger charge is -2.26. The number of rotatable bonds is 12. The number of carbonyl (C=O) groups is 3. The molecule has 1 atom stereocenters. The van der Waals surface area contributed by atoms with Crippen molar-refractivity contribution < 1.29 is 19.5 Å². The predicted molar refractivity (Wildman–Crippen MR) is 166 cm³/mol.